The molecule has 0 spiro atoms. The van der Waals surface area contributed by atoms with E-state index in [0.717, 1.165) is 5.56 Å². The zero-order chi connectivity index (χ0) is 21.4. The van der Waals surface area contributed by atoms with E-state index in [2.05, 4.69) is 10.6 Å². The monoisotopic (exact) mass is 412 g/mol. The smallest absolute Gasteiger partial charge is 0.349 e. The summed E-state index contributed by atoms with van der Waals surface area (Å²) in [7, 11) is 0. The van der Waals surface area contributed by atoms with Gasteiger partial charge >= 0.3 is 5.63 Å². The molecule has 1 aliphatic heterocycles. The van der Waals surface area contributed by atoms with Crippen LogP contribution in [-0.4, -0.2) is 11.8 Å². The largest absolute Gasteiger partial charge is 0.474 e. The van der Waals surface area contributed by atoms with Crippen molar-refractivity contribution in [3.05, 3.63) is 100 Å². The summed E-state index contributed by atoms with van der Waals surface area (Å²) in [6, 6.07) is 22.5. The van der Waals surface area contributed by atoms with E-state index in [1.807, 2.05) is 30.3 Å². The molecular weight excluding hydrogens is 396 g/mol. The molecule has 5 rings (SSSR count). The van der Waals surface area contributed by atoms with Gasteiger partial charge in [0.05, 0.1) is 5.69 Å². The molecule has 2 heterocycles. The summed E-state index contributed by atoms with van der Waals surface area (Å²) in [6.07, 6.45) is -0.753. The van der Waals surface area contributed by atoms with Gasteiger partial charge in [0, 0.05) is 16.6 Å². The Bertz CT molecular complexity index is 1380. The summed E-state index contributed by atoms with van der Waals surface area (Å²) < 4.78 is 11.1. The van der Waals surface area contributed by atoms with Crippen LogP contribution >= 0.6 is 0 Å². The SMILES string of the molecule is O=C(Nc1ccc2c(c1)NC(=O)C(c1ccccc1)O2)c1cc2ccccc2oc1=O. The maximum absolute atomic E-state index is 12.7. The first-order valence-electron chi connectivity index (χ1n) is 9.59. The summed E-state index contributed by atoms with van der Waals surface area (Å²) in [6.45, 7) is 0. The van der Waals surface area contributed by atoms with Crippen LogP contribution in [0.2, 0.25) is 0 Å². The van der Waals surface area contributed by atoms with Crippen molar-refractivity contribution in [1.29, 1.82) is 0 Å². The van der Waals surface area contributed by atoms with Crippen molar-refractivity contribution in [3.63, 3.8) is 0 Å². The van der Waals surface area contributed by atoms with Crippen LogP contribution < -0.4 is 21.0 Å². The molecule has 1 aliphatic rings. The number of fused-ring (bicyclic) bond motifs is 2. The second-order valence-electron chi connectivity index (χ2n) is 7.05. The molecule has 7 nitrogen and oxygen atoms in total. The fourth-order valence-electron chi connectivity index (χ4n) is 3.45. The summed E-state index contributed by atoms with van der Waals surface area (Å²) in [5, 5.41) is 6.11. The Morgan fingerprint density at radius 3 is 2.52 bits per heavy atom. The number of hydrogen-bond acceptors (Lipinski definition) is 5. The van der Waals surface area contributed by atoms with Crippen LogP contribution in [-0.2, 0) is 4.79 Å². The van der Waals surface area contributed by atoms with E-state index in [4.69, 9.17) is 9.15 Å². The quantitative estimate of drug-likeness (QED) is 0.494. The number of ether oxygens (including phenoxy) is 1. The van der Waals surface area contributed by atoms with Crippen molar-refractivity contribution in [2.45, 2.75) is 6.10 Å². The van der Waals surface area contributed by atoms with E-state index in [1.54, 1.807) is 42.5 Å². The van der Waals surface area contributed by atoms with Crippen LogP contribution in [0.5, 0.6) is 5.75 Å². The molecule has 2 amide bonds. The number of para-hydroxylation sites is 1. The van der Waals surface area contributed by atoms with Crippen molar-refractivity contribution in [2.75, 3.05) is 10.6 Å². The van der Waals surface area contributed by atoms with Crippen molar-refractivity contribution >= 4 is 34.2 Å². The van der Waals surface area contributed by atoms with Gasteiger partial charge in [0.2, 0.25) is 6.10 Å². The van der Waals surface area contributed by atoms with Gasteiger partial charge < -0.3 is 19.8 Å². The van der Waals surface area contributed by atoms with Gasteiger partial charge in [-0.2, -0.15) is 0 Å². The summed E-state index contributed by atoms with van der Waals surface area (Å²) >= 11 is 0. The normalized spacial score (nSPS) is 15.0. The van der Waals surface area contributed by atoms with Crippen molar-refractivity contribution in [1.82, 2.24) is 0 Å². The van der Waals surface area contributed by atoms with Crippen molar-refractivity contribution in [3.8, 4) is 5.75 Å². The van der Waals surface area contributed by atoms with Crippen molar-refractivity contribution in [2.24, 2.45) is 0 Å². The number of hydrogen-bond donors (Lipinski definition) is 2. The Morgan fingerprint density at radius 1 is 0.903 bits per heavy atom. The van der Waals surface area contributed by atoms with Crippen LogP contribution in [0.3, 0.4) is 0 Å². The first-order chi connectivity index (χ1) is 15.1. The minimum atomic E-state index is -0.753. The Morgan fingerprint density at radius 2 is 1.68 bits per heavy atom. The third kappa shape index (κ3) is 3.53. The van der Waals surface area contributed by atoms with Crippen LogP contribution in [0.4, 0.5) is 11.4 Å². The number of amides is 2. The van der Waals surface area contributed by atoms with E-state index < -0.39 is 17.6 Å². The zero-order valence-corrected chi connectivity index (χ0v) is 16.1. The van der Waals surface area contributed by atoms with Gasteiger partial charge in [0.1, 0.15) is 16.9 Å². The fourth-order valence-corrected chi connectivity index (χ4v) is 3.45. The Balaban J connectivity index is 1.39. The standard InChI is InChI=1S/C24H16N2O5/c27-22(17-12-15-8-4-5-9-19(15)31-24(17)29)25-16-10-11-20-18(13-16)26-23(28)21(30-20)14-6-2-1-3-7-14/h1-13,21H,(H,25,27)(H,26,28). The number of nitrogens with one attached hydrogen (secondary N) is 2. The van der Waals surface area contributed by atoms with E-state index in [1.165, 1.54) is 6.07 Å². The molecule has 1 unspecified atom stereocenters. The van der Waals surface area contributed by atoms with Crippen LogP contribution in [0.15, 0.2) is 88.1 Å². The average molecular weight is 412 g/mol. The molecule has 0 saturated carbocycles. The molecule has 31 heavy (non-hydrogen) atoms. The predicted molar refractivity (Wildman–Crippen MR) is 115 cm³/mol. The van der Waals surface area contributed by atoms with Gasteiger partial charge in [-0.25, -0.2) is 4.79 Å². The Kier molecular flexibility index (Phi) is 4.48. The van der Waals surface area contributed by atoms with E-state index in [0.29, 0.717) is 28.1 Å². The molecule has 0 saturated heterocycles. The topological polar surface area (TPSA) is 97.6 Å². The summed E-state index contributed by atoms with van der Waals surface area (Å²) in [5.41, 5.74) is 1.15. The van der Waals surface area contributed by atoms with Gasteiger partial charge in [0.15, 0.2) is 0 Å². The Labute approximate surface area is 176 Å². The molecule has 152 valence electrons. The second kappa shape index (κ2) is 7.46. The lowest BCUT2D eigenvalue weighted by atomic mass is 10.1. The summed E-state index contributed by atoms with van der Waals surface area (Å²) in [5.74, 6) is -0.432. The lowest BCUT2D eigenvalue weighted by molar-refractivity contribution is -0.123. The van der Waals surface area contributed by atoms with E-state index in [-0.39, 0.29) is 11.5 Å². The number of rotatable bonds is 3. The number of anilines is 2. The molecule has 0 radical (unpaired) electrons. The third-order valence-electron chi connectivity index (χ3n) is 4.97. The highest BCUT2D eigenvalue weighted by Gasteiger charge is 2.29. The van der Waals surface area contributed by atoms with E-state index in [9.17, 15) is 14.4 Å². The first kappa shape index (κ1) is 18.6. The van der Waals surface area contributed by atoms with Gasteiger partial charge in [-0.1, -0.05) is 48.5 Å². The molecule has 4 aromatic rings. The molecule has 7 heteroatoms. The Hall–Kier alpha value is -4.39. The molecule has 3 aromatic carbocycles. The second-order valence-corrected chi connectivity index (χ2v) is 7.05. The molecular formula is C24H16N2O5. The van der Waals surface area contributed by atoms with Crippen LogP contribution in [0.25, 0.3) is 11.0 Å². The highest BCUT2D eigenvalue weighted by Crippen LogP contribution is 2.36. The number of benzene rings is 3. The molecule has 1 atom stereocenters. The lowest BCUT2D eigenvalue weighted by Gasteiger charge is -2.26. The molecule has 0 fully saturated rings. The highest BCUT2D eigenvalue weighted by molar-refractivity contribution is 6.06. The maximum atomic E-state index is 12.7. The van der Waals surface area contributed by atoms with Gasteiger partial charge in [0.25, 0.3) is 11.8 Å². The minimum Gasteiger partial charge on any atom is -0.474 e. The third-order valence-corrected chi connectivity index (χ3v) is 4.97. The summed E-state index contributed by atoms with van der Waals surface area (Å²) in [4.78, 5) is 37.4. The maximum Gasteiger partial charge on any atom is 0.349 e. The lowest BCUT2D eigenvalue weighted by Crippen LogP contribution is -2.30. The number of carbonyl (C=O) groups excluding carboxylic acids is 2. The van der Waals surface area contributed by atoms with Crippen LogP contribution in [0.1, 0.15) is 22.0 Å². The van der Waals surface area contributed by atoms with Crippen LogP contribution in [0, 0.1) is 0 Å². The van der Waals surface area contributed by atoms with Crippen molar-refractivity contribution < 1.29 is 18.7 Å². The average Bonchev–Trinajstić information content (AvgIpc) is 2.78. The van der Waals surface area contributed by atoms with Gasteiger partial charge in [-0.05, 0) is 30.3 Å². The molecule has 0 bridgehead atoms. The fraction of sp³-hybridized carbons (Fsp3) is 0.0417. The molecule has 1 aromatic heterocycles. The van der Waals surface area contributed by atoms with Gasteiger partial charge in [-0.15, -0.1) is 0 Å². The van der Waals surface area contributed by atoms with Gasteiger partial charge in [-0.3, -0.25) is 9.59 Å². The highest BCUT2D eigenvalue weighted by atomic mass is 16.5. The molecule has 0 aliphatic carbocycles. The molecule has 2 N–H and O–H groups in total. The zero-order valence-electron chi connectivity index (χ0n) is 16.1. The minimum absolute atomic E-state index is 0.110. The number of carbonyl (C=O) groups is 2. The first-order valence-corrected chi connectivity index (χ1v) is 9.59. The predicted octanol–water partition coefficient (Wildman–Crippen LogP) is 4.12. The van der Waals surface area contributed by atoms with E-state index >= 15 is 0 Å².